The Labute approximate surface area is 134 Å². The number of nitrogens with one attached hydrogen (secondary N) is 2. The molecule has 1 atom stereocenters. The Morgan fingerprint density at radius 2 is 2.05 bits per heavy atom. The van der Waals surface area contributed by atoms with Crippen molar-refractivity contribution >= 4 is 23.1 Å². The molecule has 0 fully saturated rings. The third-order valence-corrected chi connectivity index (χ3v) is 4.28. The normalized spacial score (nSPS) is 12.0. The van der Waals surface area contributed by atoms with Crippen molar-refractivity contribution in [1.29, 1.82) is 0 Å². The molecule has 0 bridgehead atoms. The Morgan fingerprint density at radius 3 is 2.68 bits per heavy atom. The topological polar surface area (TPSA) is 53.6 Å². The molecule has 0 saturated carbocycles. The van der Waals surface area contributed by atoms with Gasteiger partial charge in [-0.2, -0.15) is 0 Å². The molecule has 22 heavy (non-hydrogen) atoms. The molecule has 1 aromatic heterocycles. The Hall–Kier alpha value is -2.05. The number of hydrogen-bond donors (Lipinski definition) is 2. The second-order valence-corrected chi connectivity index (χ2v) is 6.01. The van der Waals surface area contributed by atoms with Gasteiger partial charge >= 0.3 is 6.03 Å². The summed E-state index contributed by atoms with van der Waals surface area (Å²) >= 11 is 1.69. The van der Waals surface area contributed by atoms with E-state index in [0.29, 0.717) is 18.0 Å². The lowest BCUT2D eigenvalue weighted by atomic mass is 10.2. The minimum atomic E-state index is -0.243. The number of hydrogen-bond acceptors (Lipinski definition) is 4. The predicted molar refractivity (Wildman–Crippen MR) is 90.8 cm³/mol. The number of carbonyl (C=O) groups is 1. The highest BCUT2D eigenvalue weighted by Crippen LogP contribution is 2.24. The first-order chi connectivity index (χ1) is 10.6. The molecular weight excluding hydrogens is 298 g/mol. The lowest BCUT2D eigenvalue weighted by molar-refractivity contribution is 0.244. The first-order valence-corrected chi connectivity index (χ1v) is 7.87. The molecule has 5 nitrogen and oxygen atoms in total. The van der Waals surface area contributed by atoms with E-state index in [4.69, 9.17) is 4.74 Å². The fourth-order valence-electron chi connectivity index (χ4n) is 2.12. The molecular formula is C16H21N3O2S. The Morgan fingerprint density at radius 1 is 1.27 bits per heavy atom. The maximum absolute atomic E-state index is 12.1. The summed E-state index contributed by atoms with van der Waals surface area (Å²) in [6.07, 6.45) is 0. The average Bonchev–Trinajstić information content (AvgIpc) is 3.01. The molecule has 1 heterocycles. The largest absolute Gasteiger partial charge is 0.495 e. The summed E-state index contributed by atoms with van der Waals surface area (Å²) in [7, 11) is 5.59. The van der Waals surface area contributed by atoms with Crippen molar-refractivity contribution in [2.24, 2.45) is 0 Å². The number of likely N-dealkylation sites (N-methyl/N-ethyl adjacent to an activating group) is 1. The lowest BCUT2D eigenvalue weighted by Gasteiger charge is -2.23. The van der Waals surface area contributed by atoms with Crippen LogP contribution in [0, 0.1) is 0 Å². The highest BCUT2D eigenvalue weighted by Gasteiger charge is 2.16. The molecule has 0 spiro atoms. The van der Waals surface area contributed by atoms with Crippen LogP contribution in [0.4, 0.5) is 10.5 Å². The number of benzene rings is 1. The smallest absolute Gasteiger partial charge is 0.319 e. The van der Waals surface area contributed by atoms with Crippen molar-refractivity contribution in [3.05, 3.63) is 46.7 Å². The van der Waals surface area contributed by atoms with Crippen molar-refractivity contribution in [2.45, 2.75) is 6.04 Å². The molecule has 0 aliphatic rings. The summed E-state index contributed by atoms with van der Waals surface area (Å²) < 4.78 is 5.22. The molecule has 0 saturated heterocycles. The zero-order valence-electron chi connectivity index (χ0n) is 13.0. The summed E-state index contributed by atoms with van der Waals surface area (Å²) in [6.45, 7) is 0.536. The van der Waals surface area contributed by atoms with Crippen molar-refractivity contribution in [3.63, 3.8) is 0 Å². The number of para-hydroxylation sites is 2. The van der Waals surface area contributed by atoms with E-state index in [2.05, 4.69) is 21.6 Å². The van der Waals surface area contributed by atoms with E-state index in [0.717, 1.165) is 0 Å². The van der Waals surface area contributed by atoms with Gasteiger partial charge in [0, 0.05) is 11.4 Å². The van der Waals surface area contributed by atoms with Gasteiger partial charge in [0.15, 0.2) is 0 Å². The quantitative estimate of drug-likeness (QED) is 0.860. The van der Waals surface area contributed by atoms with Crippen LogP contribution in [0.3, 0.4) is 0 Å². The van der Waals surface area contributed by atoms with Gasteiger partial charge in [-0.25, -0.2) is 4.79 Å². The molecule has 2 N–H and O–H groups in total. The maximum atomic E-state index is 12.1. The standard InChI is InChI=1S/C16H21N3O2S/c1-19(2)13(15-9-6-10-22-15)11-17-16(20)18-12-7-4-5-8-14(12)21-3/h4-10,13H,11H2,1-3H3,(H2,17,18,20)/t13-/m1/s1. The van der Waals surface area contributed by atoms with Crippen LogP contribution in [0.2, 0.25) is 0 Å². The van der Waals surface area contributed by atoms with Gasteiger partial charge in [-0.1, -0.05) is 18.2 Å². The maximum Gasteiger partial charge on any atom is 0.319 e. The molecule has 0 unspecified atom stereocenters. The van der Waals surface area contributed by atoms with Crippen LogP contribution in [0.25, 0.3) is 0 Å². The molecule has 2 rings (SSSR count). The van der Waals surface area contributed by atoms with Gasteiger partial charge in [-0.05, 0) is 37.7 Å². The molecule has 2 aromatic rings. The minimum Gasteiger partial charge on any atom is -0.495 e. The van der Waals surface area contributed by atoms with Gasteiger partial charge in [0.25, 0.3) is 0 Å². The second-order valence-electron chi connectivity index (χ2n) is 5.03. The summed E-state index contributed by atoms with van der Waals surface area (Å²) in [4.78, 5) is 15.4. The van der Waals surface area contributed by atoms with E-state index in [-0.39, 0.29) is 12.1 Å². The SMILES string of the molecule is COc1ccccc1NC(=O)NC[C@H](c1cccs1)N(C)C. The van der Waals surface area contributed by atoms with Gasteiger partial charge in [0.2, 0.25) is 0 Å². The van der Waals surface area contributed by atoms with Crippen molar-refractivity contribution in [3.8, 4) is 5.75 Å². The summed E-state index contributed by atoms with van der Waals surface area (Å²) in [5, 5.41) is 7.76. The van der Waals surface area contributed by atoms with E-state index in [1.54, 1.807) is 24.5 Å². The van der Waals surface area contributed by atoms with Crippen LogP contribution in [0.5, 0.6) is 5.75 Å². The Balaban J connectivity index is 1.94. The number of carbonyl (C=O) groups excluding carboxylic acids is 1. The fourth-order valence-corrected chi connectivity index (χ4v) is 3.04. The molecule has 2 amide bonds. The molecule has 0 aliphatic carbocycles. The van der Waals surface area contributed by atoms with Gasteiger partial charge in [0.1, 0.15) is 5.75 Å². The Kier molecular flexibility index (Phi) is 5.80. The van der Waals surface area contributed by atoms with Gasteiger partial charge < -0.3 is 20.3 Å². The molecule has 1 aromatic carbocycles. The van der Waals surface area contributed by atoms with Gasteiger partial charge in [0.05, 0.1) is 18.8 Å². The lowest BCUT2D eigenvalue weighted by Crippen LogP contribution is -2.36. The number of anilines is 1. The highest BCUT2D eigenvalue weighted by atomic mass is 32.1. The zero-order chi connectivity index (χ0) is 15.9. The van der Waals surface area contributed by atoms with E-state index >= 15 is 0 Å². The summed E-state index contributed by atoms with van der Waals surface area (Å²) in [5.41, 5.74) is 0.653. The predicted octanol–water partition coefficient (Wildman–Crippen LogP) is 3.18. The van der Waals surface area contributed by atoms with Crippen LogP contribution < -0.4 is 15.4 Å². The molecule has 118 valence electrons. The van der Waals surface area contributed by atoms with Crippen molar-refractivity contribution in [2.75, 3.05) is 33.1 Å². The second kappa shape index (κ2) is 7.82. The zero-order valence-corrected chi connectivity index (χ0v) is 13.8. The molecule has 6 heteroatoms. The first kappa shape index (κ1) is 16.3. The number of amides is 2. The number of rotatable bonds is 6. The summed E-state index contributed by atoms with van der Waals surface area (Å²) in [5.74, 6) is 0.639. The van der Waals surface area contributed by atoms with Gasteiger partial charge in [-0.3, -0.25) is 0 Å². The monoisotopic (exact) mass is 319 g/mol. The van der Waals surface area contributed by atoms with Crippen LogP contribution >= 0.6 is 11.3 Å². The van der Waals surface area contributed by atoms with Crippen LogP contribution in [-0.2, 0) is 0 Å². The third-order valence-electron chi connectivity index (χ3n) is 3.31. The van der Waals surface area contributed by atoms with E-state index in [1.165, 1.54) is 4.88 Å². The summed E-state index contributed by atoms with van der Waals surface area (Å²) in [6, 6.07) is 11.3. The number of urea groups is 1. The third kappa shape index (κ3) is 4.22. The fraction of sp³-hybridized carbons (Fsp3) is 0.312. The van der Waals surface area contributed by atoms with E-state index in [9.17, 15) is 4.79 Å². The van der Waals surface area contributed by atoms with Crippen LogP contribution in [0.1, 0.15) is 10.9 Å². The molecule has 0 aliphatic heterocycles. The van der Waals surface area contributed by atoms with Gasteiger partial charge in [-0.15, -0.1) is 11.3 Å². The molecule has 0 radical (unpaired) electrons. The number of thiophene rings is 1. The van der Waals surface area contributed by atoms with Crippen LogP contribution in [0.15, 0.2) is 41.8 Å². The van der Waals surface area contributed by atoms with Crippen LogP contribution in [-0.4, -0.2) is 38.7 Å². The highest BCUT2D eigenvalue weighted by molar-refractivity contribution is 7.10. The van der Waals surface area contributed by atoms with E-state index in [1.807, 2.05) is 43.7 Å². The number of methoxy groups -OCH3 is 1. The number of ether oxygens (including phenoxy) is 1. The van der Waals surface area contributed by atoms with Crippen molar-refractivity contribution in [1.82, 2.24) is 10.2 Å². The first-order valence-electron chi connectivity index (χ1n) is 6.99. The van der Waals surface area contributed by atoms with E-state index < -0.39 is 0 Å². The minimum absolute atomic E-state index is 0.156. The average molecular weight is 319 g/mol. The van der Waals surface area contributed by atoms with Crippen molar-refractivity contribution < 1.29 is 9.53 Å². The number of nitrogens with zero attached hydrogens (tertiary/aromatic N) is 1. The Bertz CT molecular complexity index is 599.